The van der Waals surface area contributed by atoms with Crippen LogP contribution in [0.15, 0.2) is 24.5 Å². The normalized spacial score (nSPS) is 11.6. The number of ether oxygens (including phenoxy) is 1. The molecule has 2 aromatic rings. The zero-order valence-electron chi connectivity index (χ0n) is 14.3. The molecule has 0 fully saturated rings. The van der Waals surface area contributed by atoms with Gasteiger partial charge in [0, 0.05) is 24.0 Å². The van der Waals surface area contributed by atoms with Crippen LogP contribution in [0.25, 0.3) is 11.1 Å². The number of aryl methyl sites for hydroxylation is 2. The van der Waals surface area contributed by atoms with Gasteiger partial charge >= 0.3 is 5.97 Å². The molecule has 0 bridgehead atoms. The first-order valence-corrected chi connectivity index (χ1v) is 7.66. The van der Waals surface area contributed by atoms with Crippen molar-refractivity contribution in [2.24, 2.45) is 5.73 Å². The van der Waals surface area contributed by atoms with Gasteiger partial charge in [-0.05, 0) is 55.2 Å². The molecule has 0 aliphatic rings. The summed E-state index contributed by atoms with van der Waals surface area (Å²) >= 11 is 0. The number of halogens is 3. The van der Waals surface area contributed by atoms with Gasteiger partial charge in [0.15, 0.2) is 11.6 Å². The van der Waals surface area contributed by atoms with Gasteiger partial charge in [0.2, 0.25) is 0 Å². The smallest absolute Gasteiger partial charge is 0.307 e. The minimum absolute atomic E-state index is 0. The van der Waals surface area contributed by atoms with E-state index in [1.807, 2.05) is 13.8 Å². The van der Waals surface area contributed by atoms with Gasteiger partial charge in [0.1, 0.15) is 0 Å². The van der Waals surface area contributed by atoms with Crippen LogP contribution in [0.4, 0.5) is 8.78 Å². The number of carbonyl (C=O) groups is 1. The number of hydrogen-bond acceptors (Lipinski definition) is 4. The molecular formula is C18H21ClF2N2O2. The van der Waals surface area contributed by atoms with E-state index in [4.69, 9.17) is 10.5 Å². The molecule has 1 heterocycles. The van der Waals surface area contributed by atoms with Crippen molar-refractivity contribution < 1.29 is 18.3 Å². The van der Waals surface area contributed by atoms with E-state index < -0.39 is 23.6 Å². The second-order valence-corrected chi connectivity index (χ2v) is 5.63. The lowest BCUT2D eigenvalue weighted by molar-refractivity contribution is -0.143. The summed E-state index contributed by atoms with van der Waals surface area (Å²) in [5.41, 5.74) is 8.80. The summed E-state index contributed by atoms with van der Waals surface area (Å²) in [7, 11) is 0. The van der Waals surface area contributed by atoms with E-state index in [2.05, 4.69) is 4.98 Å². The van der Waals surface area contributed by atoms with Crippen LogP contribution < -0.4 is 5.73 Å². The molecule has 0 amide bonds. The number of carbonyl (C=O) groups excluding carboxylic acids is 1. The molecule has 25 heavy (non-hydrogen) atoms. The maximum absolute atomic E-state index is 14.2. The van der Waals surface area contributed by atoms with Crippen LogP contribution >= 0.6 is 12.4 Å². The Bertz CT molecular complexity index is 749. The van der Waals surface area contributed by atoms with Gasteiger partial charge in [-0.2, -0.15) is 0 Å². The highest BCUT2D eigenvalue weighted by molar-refractivity contribution is 5.85. The molecule has 4 nitrogen and oxygen atoms in total. The average Bonchev–Trinajstić information content (AvgIpc) is 2.50. The molecule has 0 aliphatic heterocycles. The van der Waals surface area contributed by atoms with Gasteiger partial charge in [-0.1, -0.05) is 0 Å². The number of nitrogens with two attached hydrogens (primary N) is 1. The fraction of sp³-hybridized carbons (Fsp3) is 0.333. The van der Waals surface area contributed by atoms with Crippen molar-refractivity contribution in [3.8, 4) is 11.1 Å². The van der Waals surface area contributed by atoms with Gasteiger partial charge in [-0.25, -0.2) is 8.78 Å². The molecule has 1 aromatic carbocycles. The Hall–Kier alpha value is -2.05. The van der Waals surface area contributed by atoms with Crippen molar-refractivity contribution >= 4 is 18.4 Å². The van der Waals surface area contributed by atoms with E-state index >= 15 is 0 Å². The maximum Gasteiger partial charge on any atom is 0.307 e. The Balaban J connectivity index is 0.00000312. The van der Waals surface area contributed by atoms with E-state index in [0.29, 0.717) is 5.56 Å². The SMILES string of the molecule is CCOC(=O)C[C@H](N)c1cc(-c2c(C)cncc2C)cc(F)c1F.Cl. The highest BCUT2D eigenvalue weighted by atomic mass is 35.5. The monoisotopic (exact) mass is 370 g/mol. The third-order valence-corrected chi connectivity index (χ3v) is 3.76. The molecule has 0 radical (unpaired) electrons. The van der Waals surface area contributed by atoms with Gasteiger partial charge < -0.3 is 10.5 Å². The first-order chi connectivity index (χ1) is 11.3. The van der Waals surface area contributed by atoms with Gasteiger partial charge in [-0.3, -0.25) is 9.78 Å². The fourth-order valence-electron chi connectivity index (χ4n) is 2.69. The quantitative estimate of drug-likeness (QED) is 0.807. The number of rotatable bonds is 5. The van der Waals surface area contributed by atoms with Crippen LogP contribution in [0.2, 0.25) is 0 Å². The standard InChI is InChI=1S/C18H20F2N2O2.ClH/c1-4-24-16(23)7-15(21)13-5-12(6-14(19)18(13)20)17-10(2)8-22-9-11(17)3;/h5-6,8-9,15H,4,7,21H2,1-3H3;1H/t15-;/m0./s1. The van der Waals surface area contributed by atoms with Crippen molar-refractivity contribution in [1.29, 1.82) is 0 Å². The molecule has 2 rings (SSSR count). The molecule has 1 atom stereocenters. The molecule has 7 heteroatoms. The molecule has 0 spiro atoms. The second-order valence-electron chi connectivity index (χ2n) is 5.63. The highest BCUT2D eigenvalue weighted by Gasteiger charge is 2.21. The first kappa shape index (κ1) is 21.0. The van der Waals surface area contributed by atoms with Crippen LogP contribution in [0.3, 0.4) is 0 Å². The Labute approximate surface area is 151 Å². The largest absolute Gasteiger partial charge is 0.466 e. The van der Waals surface area contributed by atoms with E-state index in [1.54, 1.807) is 19.3 Å². The van der Waals surface area contributed by atoms with Crippen LogP contribution in [-0.2, 0) is 9.53 Å². The van der Waals surface area contributed by atoms with Crippen molar-refractivity contribution in [3.63, 3.8) is 0 Å². The number of benzene rings is 1. The zero-order chi connectivity index (χ0) is 17.9. The average molecular weight is 371 g/mol. The van der Waals surface area contributed by atoms with E-state index in [-0.39, 0.29) is 31.0 Å². The number of pyridine rings is 1. The lowest BCUT2D eigenvalue weighted by Gasteiger charge is -2.16. The van der Waals surface area contributed by atoms with E-state index in [1.165, 1.54) is 6.07 Å². The van der Waals surface area contributed by atoms with Crippen LogP contribution in [0, 0.1) is 25.5 Å². The third kappa shape index (κ3) is 4.74. The van der Waals surface area contributed by atoms with Crippen LogP contribution in [-0.4, -0.2) is 17.6 Å². The number of esters is 1. The minimum Gasteiger partial charge on any atom is -0.466 e. The Kier molecular flexibility index (Phi) is 7.45. The summed E-state index contributed by atoms with van der Waals surface area (Å²) in [4.78, 5) is 15.6. The topological polar surface area (TPSA) is 65.2 Å². The van der Waals surface area contributed by atoms with Crippen LogP contribution in [0.1, 0.15) is 36.1 Å². The summed E-state index contributed by atoms with van der Waals surface area (Å²) < 4.78 is 33.1. The van der Waals surface area contributed by atoms with Crippen molar-refractivity contribution in [1.82, 2.24) is 4.98 Å². The van der Waals surface area contributed by atoms with E-state index in [0.717, 1.165) is 22.8 Å². The highest BCUT2D eigenvalue weighted by Crippen LogP contribution is 2.31. The van der Waals surface area contributed by atoms with Crippen molar-refractivity contribution in [2.75, 3.05) is 6.61 Å². The summed E-state index contributed by atoms with van der Waals surface area (Å²) in [6.07, 6.45) is 3.09. The van der Waals surface area contributed by atoms with Gasteiger partial charge in [0.25, 0.3) is 0 Å². The summed E-state index contributed by atoms with van der Waals surface area (Å²) in [5, 5.41) is 0. The molecule has 1 aromatic heterocycles. The summed E-state index contributed by atoms with van der Waals surface area (Å²) in [6, 6.07) is 1.63. The maximum atomic E-state index is 14.2. The van der Waals surface area contributed by atoms with Crippen LogP contribution in [0.5, 0.6) is 0 Å². The molecule has 0 aliphatic carbocycles. The molecule has 136 valence electrons. The Morgan fingerprint density at radius 2 is 1.84 bits per heavy atom. The Morgan fingerprint density at radius 1 is 1.24 bits per heavy atom. The lowest BCUT2D eigenvalue weighted by Crippen LogP contribution is -2.19. The predicted octanol–water partition coefficient (Wildman–Crippen LogP) is 4.02. The third-order valence-electron chi connectivity index (χ3n) is 3.76. The van der Waals surface area contributed by atoms with Crippen molar-refractivity contribution in [2.45, 2.75) is 33.2 Å². The molecule has 0 unspecified atom stereocenters. The Morgan fingerprint density at radius 3 is 2.40 bits per heavy atom. The number of hydrogen-bond donors (Lipinski definition) is 1. The second kappa shape index (κ2) is 8.87. The number of nitrogens with zero attached hydrogens (tertiary/aromatic N) is 1. The predicted molar refractivity (Wildman–Crippen MR) is 94.5 cm³/mol. The van der Waals surface area contributed by atoms with Gasteiger partial charge in [0.05, 0.1) is 13.0 Å². The minimum atomic E-state index is -1.04. The zero-order valence-corrected chi connectivity index (χ0v) is 15.1. The van der Waals surface area contributed by atoms with E-state index in [9.17, 15) is 13.6 Å². The fourth-order valence-corrected chi connectivity index (χ4v) is 2.69. The summed E-state index contributed by atoms with van der Waals surface area (Å²) in [6.45, 7) is 5.56. The molecule has 2 N–H and O–H groups in total. The number of aromatic nitrogens is 1. The first-order valence-electron chi connectivity index (χ1n) is 7.66. The molecular weight excluding hydrogens is 350 g/mol. The lowest BCUT2D eigenvalue weighted by atomic mass is 9.93. The molecule has 0 saturated carbocycles. The molecule has 0 saturated heterocycles. The van der Waals surface area contributed by atoms with Crippen molar-refractivity contribution in [3.05, 3.63) is 52.9 Å². The summed E-state index contributed by atoms with van der Waals surface area (Å²) in [5.74, 6) is -2.59. The van der Waals surface area contributed by atoms with Gasteiger partial charge in [-0.15, -0.1) is 12.4 Å².